The maximum atomic E-state index is 12.5. The highest BCUT2D eigenvalue weighted by Gasteiger charge is 2.33. The van der Waals surface area contributed by atoms with E-state index in [2.05, 4.69) is 5.32 Å². The Bertz CT molecular complexity index is 1000. The molecule has 0 unspecified atom stereocenters. The van der Waals surface area contributed by atoms with Crippen LogP contribution in [-0.2, 0) is 11.3 Å². The van der Waals surface area contributed by atoms with Crippen LogP contribution >= 0.6 is 11.6 Å². The van der Waals surface area contributed by atoms with Gasteiger partial charge in [-0.05, 0) is 55.0 Å². The second-order valence-electron chi connectivity index (χ2n) is 7.03. The predicted molar refractivity (Wildman–Crippen MR) is 105 cm³/mol. The molecule has 4 rings (SSSR count). The standard InChI is InChI=1S/C21H21ClN2O3/c22-16-11-9-15(10-12-16)20(14-7-8-14)23-19(25)6-3-13-24-17-4-1-2-5-18(17)27-21(24)26/h1-2,4-5,9-12,14,20H,3,6-8,13H2,(H,23,25)/t20-/m0/s1. The van der Waals surface area contributed by atoms with Crippen molar-refractivity contribution in [1.29, 1.82) is 0 Å². The zero-order valence-corrected chi connectivity index (χ0v) is 15.6. The highest BCUT2D eigenvalue weighted by Crippen LogP contribution is 2.41. The van der Waals surface area contributed by atoms with Gasteiger partial charge in [0.25, 0.3) is 0 Å². The number of amides is 1. The fourth-order valence-electron chi connectivity index (χ4n) is 3.44. The van der Waals surface area contributed by atoms with E-state index in [0.717, 1.165) is 23.9 Å². The number of benzene rings is 2. The van der Waals surface area contributed by atoms with E-state index in [1.54, 1.807) is 10.6 Å². The minimum Gasteiger partial charge on any atom is -0.408 e. The van der Waals surface area contributed by atoms with Crippen molar-refractivity contribution in [3.8, 4) is 0 Å². The van der Waals surface area contributed by atoms with Gasteiger partial charge in [0, 0.05) is 18.0 Å². The smallest absolute Gasteiger partial charge is 0.408 e. The Morgan fingerprint density at radius 2 is 1.93 bits per heavy atom. The molecule has 2 aromatic carbocycles. The Balaban J connectivity index is 1.36. The van der Waals surface area contributed by atoms with E-state index in [1.165, 1.54) is 0 Å². The summed E-state index contributed by atoms with van der Waals surface area (Å²) >= 11 is 5.97. The maximum Gasteiger partial charge on any atom is 0.419 e. The van der Waals surface area contributed by atoms with Gasteiger partial charge < -0.3 is 9.73 Å². The summed E-state index contributed by atoms with van der Waals surface area (Å²) in [5.74, 6) is 0.117. The predicted octanol–water partition coefficient (Wildman–Crippen LogP) is 4.30. The summed E-state index contributed by atoms with van der Waals surface area (Å²) in [5, 5.41) is 3.85. The van der Waals surface area contributed by atoms with Crippen molar-refractivity contribution in [2.24, 2.45) is 5.92 Å². The van der Waals surface area contributed by atoms with E-state index in [-0.39, 0.29) is 17.7 Å². The van der Waals surface area contributed by atoms with E-state index in [0.29, 0.717) is 35.9 Å². The van der Waals surface area contributed by atoms with Gasteiger partial charge in [-0.1, -0.05) is 35.9 Å². The van der Waals surface area contributed by atoms with Crippen LogP contribution in [0, 0.1) is 5.92 Å². The van der Waals surface area contributed by atoms with Crippen molar-refractivity contribution < 1.29 is 9.21 Å². The van der Waals surface area contributed by atoms with Crippen LogP contribution in [0.5, 0.6) is 0 Å². The van der Waals surface area contributed by atoms with Crippen LogP contribution in [0.4, 0.5) is 0 Å². The summed E-state index contributed by atoms with van der Waals surface area (Å²) in [6, 6.07) is 15.0. The number of carbonyl (C=O) groups is 1. The Morgan fingerprint density at radius 3 is 2.67 bits per heavy atom. The number of hydrogen-bond acceptors (Lipinski definition) is 3. The van der Waals surface area contributed by atoms with Crippen LogP contribution in [0.15, 0.2) is 57.7 Å². The summed E-state index contributed by atoms with van der Waals surface area (Å²) in [4.78, 5) is 24.4. The van der Waals surface area contributed by atoms with Gasteiger partial charge in [-0.25, -0.2) is 4.79 Å². The number of nitrogens with zero attached hydrogens (tertiary/aromatic N) is 1. The van der Waals surface area contributed by atoms with Crippen molar-refractivity contribution in [3.05, 3.63) is 69.7 Å². The number of halogens is 1. The van der Waals surface area contributed by atoms with E-state index in [1.807, 2.05) is 42.5 Å². The molecule has 1 heterocycles. The number of hydrogen-bond donors (Lipinski definition) is 1. The number of oxazole rings is 1. The largest absolute Gasteiger partial charge is 0.419 e. The normalized spacial score (nSPS) is 15.0. The molecule has 1 aliphatic carbocycles. The Morgan fingerprint density at radius 1 is 1.19 bits per heavy atom. The first-order chi connectivity index (χ1) is 13.1. The number of para-hydroxylation sites is 2. The number of fused-ring (bicyclic) bond motifs is 1. The first kappa shape index (κ1) is 17.9. The molecule has 0 aliphatic heterocycles. The molecule has 1 saturated carbocycles. The van der Waals surface area contributed by atoms with Crippen LogP contribution in [0.1, 0.15) is 37.3 Å². The second-order valence-corrected chi connectivity index (χ2v) is 7.46. The first-order valence-corrected chi connectivity index (χ1v) is 9.63. The number of aryl methyl sites for hydroxylation is 1. The van der Waals surface area contributed by atoms with Gasteiger partial charge in [0.2, 0.25) is 5.91 Å². The molecule has 1 atom stereocenters. The van der Waals surface area contributed by atoms with Crippen LogP contribution < -0.4 is 11.1 Å². The summed E-state index contributed by atoms with van der Waals surface area (Å²) in [5.41, 5.74) is 2.43. The minimum absolute atomic E-state index is 0.00250. The number of carbonyl (C=O) groups excluding carboxylic acids is 1. The van der Waals surface area contributed by atoms with Gasteiger partial charge >= 0.3 is 5.76 Å². The number of rotatable bonds is 7. The Hall–Kier alpha value is -2.53. The van der Waals surface area contributed by atoms with Gasteiger partial charge in [0.1, 0.15) is 0 Å². The molecule has 27 heavy (non-hydrogen) atoms. The Labute approximate surface area is 161 Å². The van der Waals surface area contributed by atoms with Crippen molar-refractivity contribution in [2.45, 2.75) is 38.3 Å². The fraction of sp³-hybridized carbons (Fsp3) is 0.333. The molecule has 1 fully saturated rings. The molecule has 5 nitrogen and oxygen atoms in total. The van der Waals surface area contributed by atoms with Crippen molar-refractivity contribution in [1.82, 2.24) is 9.88 Å². The van der Waals surface area contributed by atoms with E-state index in [9.17, 15) is 9.59 Å². The van der Waals surface area contributed by atoms with Crippen molar-refractivity contribution in [3.63, 3.8) is 0 Å². The van der Waals surface area contributed by atoms with Crippen LogP contribution in [0.2, 0.25) is 5.02 Å². The molecule has 0 saturated heterocycles. The zero-order chi connectivity index (χ0) is 18.8. The minimum atomic E-state index is -0.381. The highest BCUT2D eigenvalue weighted by molar-refractivity contribution is 6.30. The fourth-order valence-corrected chi connectivity index (χ4v) is 3.57. The molecule has 0 bridgehead atoms. The third kappa shape index (κ3) is 4.08. The number of nitrogens with one attached hydrogen (secondary N) is 1. The van der Waals surface area contributed by atoms with E-state index in [4.69, 9.17) is 16.0 Å². The molecule has 0 radical (unpaired) electrons. The van der Waals surface area contributed by atoms with Crippen LogP contribution in [0.3, 0.4) is 0 Å². The van der Waals surface area contributed by atoms with Crippen molar-refractivity contribution >= 4 is 28.6 Å². The van der Waals surface area contributed by atoms with Crippen molar-refractivity contribution in [2.75, 3.05) is 0 Å². The lowest BCUT2D eigenvalue weighted by molar-refractivity contribution is -0.122. The molecule has 1 aliphatic rings. The molecule has 6 heteroatoms. The van der Waals surface area contributed by atoms with Gasteiger partial charge in [0.05, 0.1) is 11.6 Å². The van der Waals surface area contributed by atoms with Gasteiger partial charge in [0.15, 0.2) is 5.58 Å². The molecular formula is C21H21ClN2O3. The van der Waals surface area contributed by atoms with E-state index >= 15 is 0 Å². The summed E-state index contributed by atoms with van der Waals surface area (Å²) in [7, 11) is 0. The van der Waals surface area contributed by atoms with Gasteiger partial charge in [-0.2, -0.15) is 0 Å². The molecular weight excluding hydrogens is 364 g/mol. The molecule has 1 aromatic heterocycles. The van der Waals surface area contributed by atoms with Gasteiger partial charge in [-0.3, -0.25) is 9.36 Å². The first-order valence-electron chi connectivity index (χ1n) is 9.25. The lowest BCUT2D eigenvalue weighted by atomic mass is 10.0. The second kappa shape index (κ2) is 7.61. The molecule has 1 N–H and O–H groups in total. The maximum absolute atomic E-state index is 12.5. The topological polar surface area (TPSA) is 64.2 Å². The summed E-state index contributed by atoms with van der Waals surface area (Å²) in [6.07, 6.45) is 3.20. The van der Waals surface area contributed by atoms with Gasteiger partial charge in [-0.15, -0.1) is 0 Å². The molecule has 140 valence electrons. The quantitative estimate of drug-likeness (QED) is 0.660. The number of aromatic nitrogens is 1. The lowest BCUT2D eigenvalue weighted by Crippen LogP contribution is -2.30. The zero-order valence-electron chi connectivity index (χ0n) is 14.9. The molecule has 1 amide bonds. The molecule has 3 aromatic rings. The third-order valence-corrected chi connectivity index (χ3v) is 5.25. The van der Waals surface area contributed by atoms with E-state index < -0.39 is 0 Å². The average molecular weight is 385 g/mol. The summed E-state index contributed by atoms with van der Waals surface area (Å²) in [6.45, 7) is 0.457. The highest BCUT2D eigenvalue weighted by atomic mass is 35.5. The SMILES string of the molecule is O=C(CCCn1c(=O)oc2ccccc21)N[C@H](c1ccc(Cl)cc1)C1CC1. The monoisotopic (exact) mass is 384 g/mol. The molecule has 0 spiro atoms. The lowest BCUT2D eigenvalue weighted by Gasteiger charge is -2.19. The third-order valence-electron chi connectivity index (χ3n) is 5.00. The Kier molecular flexibility index (Phi) is 5.03. The summed E-state index contributed by atoms with van der Waals surface area (Å²) < 4.78 is 6.81. The van der Waals surface area contributed by atoms with Crippen LogP contribution in [0.25, 0.3) is 11.1 Å². The van der Waals surface area contributed by atoms with Crippen LogP contribution in [-0.4, -0.2) is 10.5 Å². The average Bonchev–Trinajstić information content (AvgIpc) is 3.45.